The van der Waals surface area contributed by atoms with Crippen LogP contribution in [0.5, 0.6) is 0 Å². The molecule has 6 heteroatoms. The van der Waals surface area contributed by atoms with Gasteiger partial charge in [-0.3, -0.25) is 9.00 Å². The molecule has 1 saturated heterocycles. The van der Waals surface area contributed by atoms with Crippen molar-refractivity contribution in [3.05, 3.63) is 0 Å². The van der Waals surface area contributed by atoms with E-state index < -0.39 is 10.8 Å². The summed E-state index contributed by atoms with van der Waals surface area (Å²) in [6, 6.07) is -0.0279. The van der Waals surface area contributed by atoms with E-state index in [4.69, 9.17) is 4.74 Å². The van der Waals surface area contributed by atoms with E-state index in [-0.39, 0.29) is 17.7 Å². The van der Waals surface area contributed by atoms with Gasteiger partial charge in [0, 0.05) is 42.8 Å². The van der Waals surface area contributed by atoms with E-state index in [1.165, 1.54) is 0 Å². The molecule has 0 aromatic heterocycles. The molecule has 0 aromatic rings. The van der Waals surface area contributed by atoms with Crippen LogP contribution < -0.4 is 10.6 Å². The lowest BCUT2D eigenvalue weighted by atomic mass is 10.1. The molecule has 1 rings (SSSR count). The zero-order chi connectivity index (χ0) is 12.0. The molecule has 2 unspecified atom stereocenters. The summed E-state index contributed by atoms with van der Waals surface area (Å²) in [7, 11) is 0.546. The van der Waals surface area contributed by atoms with Gasteiger partial charge >= 0.3 is 0 Å². The number of nitrogens with one attached hydrogen (secondary N) is 2. The third-order valence-electron chi connectivity index (χ3n) is 2.40. The number of ether oxygens (including phenoxy) is 1. The summed E-state index contributed by atoms with van der Waals surface area (Å²) in [4.78, 5) is 11.5. The second-order valence-corrected chi connectivity index (χ2v) is 5.70. The Morgan fingerprint density at radius 1 is 1.62 bits per heavy atom. The van der Waals surface area contributed by atoms with Crippen LogP contribution >= 0.6 is 0 Å². The Balaban J connectivity index is 2.14. The van der Waals surface area contributed by atoms with Crippen LogP contribution in [0.3, 0.4) is 0 Å². The monoisotopic (exact) mass is 248 g/mol. The van der Waals surface area contributed by atoms with E-state index >= 15 is 0 Å². The molecule has 0 saturated carbocycles. The Morgan fingerprint density at radius 3 is 2.81 bits per heavy atom. The molecule has 1 aliphatic heterocycles. The van der Waals surface area contributed by atoms with Gasteiger partial charge in [-0.25, -0.2) is 0 Å². The standard InChI is InChI=1S/C10H20N2O3S/c1-8(5-15-2)12-10(13)7-16(14)6-9-3-11-4-9/h8-9,11H,3-7H2,1-2H3,(H,12,13). The Kier molecular flexibility index (Phi) is 5.94. The first-order valence-electron chi connectivity index (χ1n) is 5.45. The summed E-state index contributed by atoms with van der Waals surface area (Å²) >= 11 is 0. The first-order valence-corrected chi connectivity index (χ1v) is 6.94. The van der Waals surface area contributed by atoms with Crippen molar-refractivity contribution in [1.82, 2.24) is 10.6 Å². The third-order valence-corrected chi connectivity index (χ3v) is 3.83. The number of carbonyl (C=O) groups excluding carboxylic acids is 1. The molecule has 94 valence electrons. The Morgan fingerprint density at radius 2 is 2.31 bits per heavy atom. The largest absolute Gasteiger partial charge is 0.383 e. The second-order valence-electron chi connectivity index (χ2n) is 4.20. The maximum absolute atomic E-state index is 11.6. The molecule has 16 heavy (non-hydrogen) atoms. The average molecular weight is 248 g/mol. The summed E-state index contributed by atoms with van der Waals surface area (Å²) in [5, 5.41) is 5.87. The highest BCUT2D eigenvalue weighted by Gasteiger charge is 2.20. The van der Waals surface area contributed by atoms with Gasteiger partial charge in [0.15, 0.2) is 0 Å². The SMILES string of the molecule is COCC(C)NC(=O)CS(=O)CC1CNC1. The van der Waals surface area contributed by atoms with Gasteiger partial charge in [-0.05, 0) is 12.8 Å². The number of rotatable bonds is 7. The van der Waals surface area contributed by atoms with Crippen LogP contribution in [0, 0.1) is 5.92 Å². The first-order chi connectivity index (χ1) is 7.61. The van der Waals surface area contributed by atoms with Gasteiger partial charge in [-0.15, -0.1) is 0 Å². The highest BCUT2D eigenvalue weighted by Crippen LogP contribution is 2.04. The molecule has 1 aliphatic rings. The van der Waals surface area contributed by atoms with Crippen LogP contribution in [-0.2, 0) is 20.3 Å². The van der Waals surface area contributed by atoms with Crippen molar-refractivity contribution in [1.29, 1.82) is 0 Å². The molecule has 0 bridgehead atoms. The van der Waals surface area contributed by atoms with Gasteiger partial charge in [0.1, 0.15) is 5.75 Å². The number of hydrogen-bond acceptors (Lipinski definition) is 4. The fraction of sp³-hybridized carbons (Fsp3) is 0.900. The second kappa shape index (κ2) is 6.98. The van der Waals surface area contributed by atoms with E-state index in [1.807, 2.05) is 6.92 Å². The van der Waals surface area contributed by atoms with Crippen molar-refractivity contribution >= 4 is 16.7 Å². The lowest BCUT2D eigenvalue weighted by Gasteiger charge is -2.26. The Hall–Kier alpha value is -0.460. The summed E-state index contributed by atoms with van der Waals surface area (Å²) in [6.45, 7) is 4.19. The van der Waals surface area contributed by atoms with Crippen molar-refractivity contribution in [2.24, 2.45) is 5.92 Å². The highest BCUT2D eigenvalue weighted by molar-refractivity contribution is 7.85. The quantitative estimate of drug-likeness (QED) is 0.613. The molecule has 0 aliphatic carbocycles. The minimum Gasteiger partial charge on any atom is -0.383 e. The average Bonchev–Trinajstić information content (AvgIpc) is 2.11. The zero-order valence-corrected chi connectivity index (χ0v) is 10.6. The number of carbonyl (C=O) groups is 1. The fourth-order valence-electron chi connectivity index (χ4n) is 1.54. The van der Waals surface area contributed by atoms with Gasteiger partial charge in [0.05, 0.1) is 6.61 Å². The normalized spacial score (nSPS) is 19.9. The van der Waals surface area contributed by atoms with E-state index in [0.29, 0.717) is 18.3 Å². The molecular formula is C10H20N2O3S. The predicted octanol–water partition coefficient (Wildman–Crippen LogP) is -0.894. The van der Waals surface area contributed by atoms with Gasteiger partial charge in [0.25, 0.3) is 0 Å². The van der Waals surface area contributed by atoms with Crippen molar-refractivity contribution in [3.8, 4) is 0 Å². The predicted molar refractivity (Wildman–Crippen MR) is 63.7 cm³/mol. The summed E-state index contributed by atoms with van der Waals surface area (Å²) < 4.78 is 16.5. The molecule has 1 amide bonds. The van der Waals surface area contributed by atoms with Crippen LogP contribution in [0.4, 0.5) is 0 Å². The lowest BCUT2D eigenvalue weighted by Crippen LogP contribution is -2.46. The molecule has 1 heterocycles. The molecule has 2 atom stereocenters. The van der Waals surface area contributed by atoms with Crippen molar-refractivity contribution in [2.75, 3.05) is 38.3 Å². The molecule has 5 nitrogen and oxygen atoms in total. The van der Waals surface area contributed by atoms with Crippen LogP contribution in [0.15, 0.2) is 0 Å². The van der Waals surface area contributed by atoms with E-state index in [9.17, 15) is 9.00 Å². The van der Waals surface area contributed by atoms with E-state index in [1.54, 1.807) is 7.11 Å². The van der Waals surface area contributed by atoms with Gasteiger partial charge < -0.3 is 15.4 Å². The first kappa shape index (κ1) is 13.6. The highest BCUT2D eigenvalue weighted by atomic mass is 32.2. The maximum Gasteiger partial charge on any atom is 0.232 e. The number of amides is 1. The Bertz CT molecular complexity index is 256. The van der Waals surface area contributed by atoms with Crippen molar-refractivity contribution in [2.45, 2.75) is 13.0 Å². The summed E-state index contributed by atoms with van der Waals surface area (Å²) in [5.41, 5.74) is 0. The van der Waals surface area contributed by atoms with Crippen LogP contribution in [-0.4, -0.2) is 54.5 Å². The maximum atomic E-state index is 11.6. The van der Waals surface area contributed by atoms with Gasteiger partial charge in [0.2, 0.25) is 5.91 Å². The molecule has 0 spiro atoms. The van der Waals surface area contributed by atoms with Crippen molar-refractivity contribution < 1.29 is 13.7 Å². The van der Waals surface area contributed by atoms with Crippen LogP contribution in [0.2, 0.25) is 0 Å². The number of methoxy groups -OCH3 is 1. The minimum absolute atomic E-state index is 0.0279. The molecule has 1 fully saturated rings. The molecule has 0 aromatic carbocycles. The minimum atomic E-state index is -1.04. The summed E-state index contributed by atoms with van der Waals surface area (Å²) in [5.74, 6) is 1.05. The molecule has 0 radical (unpaired) electrons. The molecular weight excluding hydrogens is 228 g/mol. The van der Waals surface area contributed by atoms with Crippen LogP contribution in [0.25, 0.3) is 0 Å². The van der Waals surface area contributed by atoms with Crippen LogP contribution in [0.1, 0.15) is 6.92 Å². The Labute approximate surface area is 98.8 Å². The molecule has 2 N–H and O–H groups in total. The van der Waals surface area contributed by atoms with E-state index in [0.717, 1.165) is 13.1 Å². The number of hydrogen-bond donors (Lipinski definition) is 2. The topological polar surface area (TPSA) is 67.4 Å². The van der Waals surface area contributed by atoms with Crippen molar-refractivity contribution in [3.63, 3.8) is 0 Å². The third kappa shape index (κ3) is 5.05. The smallest absolute Gasteiger partial charge is 0.232 e. The summed E-state index contributed by atoms with van der Waals surface area (Å²) in [6.07, 6.45) is 0. The fourth-order valence-corrected chi connectivity index (χ4v) is 2.80. The van der Waals surface area contributed by atoms with Gasteiger partial charge in [-0.1, -0.05) is 0 Å². The lowest BCUT2D eigenvalue weighted by molar-refractivity contribution is -0.119. The van der Waals surface area contributed by atoms with E-state index in [2.05, 4.69) is 10.6 Å². The zero-order valence-electron chi connectivity index (χ0n) is 9.82. The van der Waals surface area contributed by atoms with Gasteiger partial charge in [-0.2, -0.15) is 0 Å².